The van der Waals surface area contributed by atoms with E-state index in [4.69, 9.17) is 5.73 Å². The summed E-state index contributed by atoms with van der Waals surface area (Å²) in [5.41, 5.74) is 6.68. The molecule has 0 saturated heterocycles. The molecule has 2 rings (SSSR count). The van der Waals surface area contributed by atoms with Crippen molar-refractivity contribution in [2.24, 2.45) is 5.73 Å². The van der Waals surface area contributed by atoms with Gasteiger partial charge in [-0.15, -0.1) is 11.8 Å². The quantitative estimate of drug-likeness (QED) is 0.717. The Morgan fingerprint density at radius 2 is 1.71 bits per heavy atom. The van der Waals surface area contributed by atoms with Gasteiger partial charge in [0.05, 0.1) is 17.9 Å². The van der Waals surface area contributed by atoms with E-state index in [1.54, 1.807) is 23.1 Å². The molecular weight excluding hydrogens is 324 g/mol. The zero-order valence-corrected chi connectivity index (χ0v) is 14.0. The van der Waals surface area contributed by atoms with Crippen molar-refractivity contribution in [1.29, 1.82) is 0 Å². The molecule has 0 spiro atoms. The number of nitrogens with two attached hydrogens (primary N) is 1. The Balaban J connectivity index is 2.21. The molecule has 0 saturated carbocycles. The van der Waals surface area contributed by atoms with Crippen molar-refractivity contribution in [2.75, 3.05) is 18.9 Å². The van der Waals surface area contributed by atoms with Gasteiger partial charge < -0.3 is 15.7 Å². The van der Waals surface area contributed by atoms with Crippen LogP contribution in [0.4, 0.5) is 0 Å². The summed E-state index contributed by atoms with van der Waals surface area (Å²) in [4.78, 5) is 26.2. The van der Waals surface area contributed by atoms with E-state index in [1.807, 2.05) is 36.4 Å². The fraction of sp³-hybridized carbons (Fsp3) is 0.222. The zero-order chi connectivity index (χ0) is 17.4. The predicted molar refractivity (Wildman–Crippen MR) is 94.6 cm³/mol. The van der Waals surface area contributed by atoms with Crippen LogP contribution >= 0.6 is 11.8 Å². The Kier molecular flexibility index (Phi) is 6.84. The SMILES string of the molecule is NC(=O)CSc1ccccc1C(=O)N(CCO)Cc1ccccc1. The van der Waals surface area contributed by atoms with Crippen LogP contribution in [0.2, 0.25) is 0 Å². The molecule has 0 aliphatic carbocycles. The molecule has 0 aliphatic rings. The van der Waals surface area contributed by atoms with E-state index in [-0.39, 0.29) is 24.8 Å². The number of hydrogen-bond acceptors (Lipinski definition) is 4. The molecule has 2 aromatic carbocycles. The summed E-state index contributed by atoms with van der Waals surface area (Å²) in [5.74, 6) is -0.498. The molecule has 0 aliphatic heterocycles. The third kappa shape index (κ3) is 5.11. The third-order valence-electron chi connectivity index (χ3n) is 3.36. The predicted octanol–water partition coefficient (Wildman–Crippen LogP) is 1.90. The van der Waals surface area contributed by atoms with Crippen molar-refractivity contribution in [3.05, 3.63) is 65.7 Å². The summed E-state index contributed by atoms with van der Waals surface area (Å²) >= 11 is 1.24. The summed E-state index contributed by atoms with van der Waals surface area (Å²) in [7, 11) is 0. The molecule has 6 heteroatoms. The molecule has 126 valence electrons. The maximum atomic E-state index is 12.9. The van der Waals surface area contributed by atoms with Crippen LogP contribution in [-0.2, 0) is 11.3 Å². The highest BCUT2D eigenvalue weighted by Crippen LogP contribution is 2.24. The molecule has 0 fully saturated rings. The minimum absolute atomic E-state index is 0.114. The van der Waals surface area contributed by atoms with Gasteiger partial charge in [-0.3, -0.25) is 9.59 Å². The van der Waals surface area contributed by atoms with Gasteiger partial charge in [0.15, 0.2) is 0 Å². The monoisotopic (exact) mass is 344 g/mol. The maximum absolute atomic E-state index is 12.9. The largest absolute Gasteiger partial charge is 0.395 e. The lowest BCUT2D eigenvalue weighted by atomic mass is 10.1. The molecule has 0 atom stereocenters. The average Bonchev–Trinajstić information content (AvgIpc) is 2.60. The molecule has 0 bridgehead atoms. The van der Waals surface area contributed by atoms with E-state index in [0.29, 0.717) is 17.0 Å². The number of thioether (sulfide) groups is 1. The van der Waals surface area contributed by atoms with Gasteiger partial charge in [0, 0.05) is 18.0 Å². The van der Waals surface area contributed by atoms with Gasteiger partial charge in [0.25, 0.3) is 5.91 Å². The van der Waals surface area contributed by atoms with Crippen LogP contribution in [0.1, 0.15) is 15.9 Å². The molecule has 24 heavy (non-hydrogen) atoms. The van der Waals surface area contributed by atoms with Crippen LogP contribution in [0.5, 0.6) is 0 Å². The normalized spacial score (nSPS) is 10.4. The topological polar surface area (TPSA) is 83.6 Å². The highest BCUT2D eigenvalue weighted by atomic mass is 32.2. The number of amides is 2. The second-order valence-corrected chi connectivity index (χ2v) is 6.20. The van der Waals surface area contributed by atoms with E-state index in [0.717, 1.165) is 5.56 Å². The highest BCUT2D eigenvalue weighted by molar-refractivity contribution is 8.00. The van der Waals surface area contributed by atoms with Crippen LogP contribution in [0.25, 0.3) is 0 Å². The van der Waals surface area contributed by atoms with Gasteiger partial charge in [0.2, 0.25) is 5.91 Å². The average molecular weight is 344 g/mol. The number of aliphatic hydroxyl groups excluding tert-OH is 1. The minimum Gasteiger partial charge on any atom is -0.395 e. The highest BCUT2D eigenvalue weighted by Gasteiger charge is 2.19. The minimum atomic E-state index is -0.432. The van der Waals surface area contributed by atoms with Gasteiger partial charge in [-0.25, -0.2) is 0 Å². The van der Waals surface area contributed by atoms with Crippen LogP contribution in [0.15, 0.2) is 59.5 Å². The fourth-order valence-corrected chi connectivity index (χ4v) is 3.05. The van der Waals surface area contributed by atoms with Crippen LogP contribution in [0.3, 0.4) is 0 Å². The standard InChI is InChI=1S/C18H20N2O3S/c19-17(22)13-24-16-9-5-4-8-15(16)18(23)20(10-11-21)12-14-6-2-1-3-7-14/h1-9,21H,10-13H2,(H2,19,22). The first-order chi connectivity index (χ1) is 11.6. The van der Waals surface area contributed by atoms with Crippen LogP contribution in [-0.4, -0.2) is 40.7 Å². The number of rotatable bonds is 8. The van der Waals surface area contributed by atoms with E-state index in [1.165, 1.54) is 11.8 Å². The molecule has 0 unspecified atom stereocenters. The number of carbonyl (C=O) groups excluding carboxylic acids is 2. The summed E-state index contributed by atoms with van der Waals surface area (Å²) in [5, 5.41) is 9.30. The molecule has 0 heterocycles. The Morgan fingerprint density at radius 3 is 2.38 bits per heavy atom. The lowest BCUT2D eigenvalue weighted by molar-refractivity contribution is -0.115. The molecular formula is C18H20N2O3S. The number of carbonyl (C=O) groups is 2. The van der Waals surface area contributed by atoms with Gasteiger partial charge in [0.1, 0.15) is 0 Å². The first-order valence-corrected chi connectivity index (χ1v) is 8.54. The molecule has 2 amide bonds. The zero-order valence-electron chi connectivity index (χ0n) is 13.2. The number of aliphatic hydroxyl groups is 1. The van der Waals surface area contributed by atoms with Crippen LogP contribution in [0, 0.1) is 0 Å². The number of benzene rings is 2. The Hall–Kier alpha value is -2.31. The smallest absolute Gasteiger partial charge is 0.255 e. The maximum Gasteiger partial charge on any atom is 0.255 e. The van der Waals surface area contributed by atoms with Gasteiger partial charge in [-0.1, -0.05) is 42.5 Å². The van der Waals surface area contributed by atoms with Gasteiger partial charge in [-0.2, -0.15) is 0 Å². The Bertz CT molecular complexity index is 692. The van der Waals surface area contributed by atoms with Crippen molar-refractivity contribution < 1.29 is 14.7 Å². The van der Waals surface area contributed by atoms with E-state index < -0.39 is 5.91 Å². The van der Waals surface area contributed by atoms with E-state index in [9.17, 15) is 14.7 Å². The van der Waals surface area contributed by atoms with Crippen molar-refractivity contribution >= 4 is 23.6 Å². The Labute approximate surface area is 145 Å². The van der Waals surface area contributed by atoms with Gasteiger partial charge >= 0.3 is 0 Å². The number of primary amides is 1. The lowest BCUT2D eigenvalue weighted by Gasteiger charge is -2.23. The van der Waals surface area contributed by atoms with E-state index >= 15 is 0 Å². The van der Waals surface area contributed by atoms with Crippen molar-refractivity contribution in [3.63, 3.8) is 0 Å². The van der Waals surface area contributed by atoms with E-state index in [2.05, 4.69) is 0 Å². The van der Waals surface area contributed by atoms with Crippen molar-refractivity contribution in [1.82, 2.24) is 4.90 Å². The Morgan fingerprint density at radius 1 is 1.04 bits per heavy atom. The molecule has 0 aromatic heterocycles. The second kappa shape index (κ2) is 9.10. The van der Waals surface area contributed by atoms with Crippen molar-refractivity contribution in [3.8, 4) is 0 Å². The molecule has 2 aromatic rings. The fourth-order valence-electron chi connectivity index (χ4n) is 2.27. The first-order valence-electron chi connectivity index (χ1n) is 7.56. The van der Waals surface area contributed by atoms with Crippen LogP contribution < -0.4 is 5.73 Å². The van der Waals surface area contributed by atoms with Crippen molar-refractivity contribution in [2.45, 2.75) is 11.4 Å². The third-order valence-corrected chi connectivity index (χ3v) is 4.46. The lowest BCUT2D eigenvalue weighted by Crippen LogP contribution is -2.33. The molecule has 5 nitrogen and oxygen atoms in total. The second-order valence-electron chi connectivity index (χ2n) is 5.19. The summed E-state index contributed by atoms with van der Waals surface area (Å²) in [6.45, 7) is 0.534. The van der Waals surface area contributed by atoms with Gasteiger partial charge in [-0.05, 0) is 17.7 Å². The number of hydrogen-bond donors (Lipinski definition) is 2. The number of nitrogens with zero attached hydrogens (tertiary/aromatic N) is 1. The summed E-state index contributed by atoms with van der Waals surface area (Å²) < 4.78 is 0. The summed E-state index contributed by atoms with van der Waals surface area (Å²) in [6.07, 6.45) is 0. The molecule has 3 N–H and O–H groups in total. The summed E-state index contributed by atoms with van der Waals surface area (Å²) in [6, 6.07) is 16.7. The first kappa shape index (κ1) is 18.0. The molecule has 0 radical (unpaired) electrons.